The molecule has 0 aliphatic carbocycles. The molecular formula is C21H18N7NaO5S2. The first-order valence-electron chi connectivity index (χ1n) is 10.4. The van der Waals surface area contributed by atoms with Crippen LogP contribution in [-0.2, 0) is 14.4 Å². The van der Waals surface area contributed by atoms with E-state index in [2.05, 4.69) is 25.8 Å². The van der Waals surface area contributed by atoms with Gasteiger partial charge in [-0.2, -0.15) is 4.68 Å². The van der Waals surface area contributed by atoms with Gasteiger partial charge in [0.25, 0.3) is 0 Å². The monoisotopic (exact) mass is 535 g/mol. The van der Waals surface area contributed by atoms with Gasteiger partial charge >= 0.3 is 29.6 Å². The summed E-state index contributed by atoms with van der Waals surface area (Å²) < 4.78 is 6.87. The van der Waals surface area contributed by atoms with Gasteiger partial charge in [-0.3, -0.25) is 14.5 Å². The van der Waals surface area contributed by atoms with Crippen LogP contribution in [0.5, 0.6) is 0 Å². The molecule has 36 heavy (non-hydrogen) atoms. The number of amides is 2. The van der Waals surface area contributed by atoms with Crippen LogP contribution in [0.3, 0.4) is 0 Å². The molecule has 180 valence electrons. The van der Waals surface area contributed by atoms with E-state index in [1.807, 2.05) is 18.2 Å². The minimum absolute atomic E-state index is 0. The summed E-state index contributed by atoms with van der Waals surface area (Å²) in [6.45, 7) is 4.71. The molecule has 5 rings (SSSR count). The number of aromatic nitrogens is 5. The first kappa shape index (κ1) is 26.4. The number of tetrazole rings is 1. The van der Waals surface area contributed by atoms with Crippen molar-refractivity contribution in [3.8, 4) is 5.69 Å². The average Bonchev–Trinajstić information content (AvgIpc) is 3.44. The van der Waals surface area contributed by atoms with Crippen molar-refractivity contribution < 1.29 is 53.5 Å². The summed E-state index contributed by atoms with van der Waals surface area (Å²) >= 11 is 2.16. The van der Waals surface area contributed by atoms with Crippen molar-refractivity contribution in [3.05, 3.63) is 58.8 Å². The van der Waals surface area contributed by atoms with Crippen molar-refractivity contribution in [3.63, 3.8) is 0 Å². The van der Waals surface area contributed by atoms with Gasteiger partial charge in [0, 0.05) is 6.92 Å². The van der Waals surface area contributed by atoms with Gasteiger partial charge in [0.15, 0.2) is 6.39 Å². The molecule has 1 aromatic carbocycles. The van der Waals surface area contributed by atoms with E-state index in [4.69, 9.17) is 4.42 Å². The molecule has 2 aliphatic heterocycles. The molecule has 4 heterocycles. The molecule has 1 saturated heterocycles. The third-order valence-electron chi connectivity index (χ3n) is 5.60. The number of hydrogen-bond acceptors (Lipinski definition) is 11. The number of β-lactam (4-membered cyclic amide) rings is 1. The summed E-state index contributed by atoms with van der Waals surface area (Å²) in [6.07, 6.45) is 1.24. The van der Waals surface area contributed by atoms with Gasteiger partial charge in [0.2, 0.25) is 17.0 Å². The van der Waals surface area contributed by atoms with Crippen LogP contribution in [-0.4, -0.2) is 58.1 Å². The number of thioether (sulfide) groups is 2. The molecule has 0 spiro atoms. The summed E-state index contributed by atoms with van der Waals surface area (Å²) in [5.41, 5.74) is 0.834. The molecule has 2 unspecified atom stereocenters. The van der Waals surface area contributed by atoms with Gasteiger partial charge in [-0.25, -0.2) is 4.98 Å². The van der Waals surface area contributed by atoms with Crippen LogP contribution < -0.4 is 40.0 Å². The molecule has 2 aliphatic rings. The Kier molecular flexibility index (Phi) is 7.35. The van der Waals surface area contributed by atoms with E-state index in [0.717, 1.165) is 16.7 Å². The molecule has 3 aromatic rings. The van der Waals surface area contributed by atoms with Crippen LogP contribution in [0.2, 0.25) is 0 Å². The molecule has 0 saturated carbocycles. The summed E-state index contributed by atoms with van der Waals surface area (Å²) in [6, 6.07) is 9.03. The predicted octanol–water partition coefficient (Wildman–Crippen LogP) is -2.43. The van der Waals surface area contributed by atoms with Gasteiger partial charge in [0.05, 0.1) is 28.0 Å². The fourth-order valence-corrected chi connectivity index (χ4v) is 6.99. The minimum atomic E-state index is -1.56. The topological polar surface area (TPSA) is 159 Å². The van der Waals surface area contributed by atoms with Crippen LogP contribution in [0, 0.1) is 6.92 Å². The number of benzene rings is 1. The second kappa shape index (κ2) is 10.0. The Hall–Kier alpha value is -2.65. The van der Waals surface area contributed by atoms with Crippen LogP contribution in [0.4, 0.5) is 0 Å². The van der Waals surface area contributed by atoms with E-state index in [1.165, 1.54) is 29.8 Å². The molecule has 1 N–H and O–H groups in total. The summed E-state index contributed by atoms with van der Waals surface area (Å²) in [5.74, 6) is -2.81. The second-order valence-corrected chi connectivity index (χ2v) is 10.5. The van der Waals surface area contributed by atoms with Crippen molar-refractivity contribution in [2.75, 3.05) is 0 Å². The number of hydrogen-bond donors (Lipinski definition) is 1. The Morgan fingerprint density at radius 2 is 2.00 bits per heavy atom. The van der Waals surface area contributed by atoms with Gasteiger partial charge in [-0.15, -0.1) is 16.9 Å². The summed E-state index contributed by atoms with van der Waals surface area (Å²) in [4.78, 5) is 41.9. The number of rotatable bonds is 6. The molecule has 3 atom stereocenters. The third-order valence-corrected chi connectivity index (χ3v) is 8.47. The fraction of sp³-hybridized carbons (Fsp3) is 0.286. The Balaban J connectivity index is 0.00000304. The minimum Gasteiger partial charge on any atom is -0.543 e. The number of carboxylic acids is 1. The molecular weight excluding hydrogens is 517 g/mol. The molecule has 2 amide bonds. The van der Waals surface area contributed by atoms with E-state index in [1.54, 1.807) is 26.0 Å². The number of nitrogens with zero attached hydrogens (tertiary/aromatic N) is 6. The number of nitrogens with one attached hydrogen (secondary N) is 1. The predicted molar refractivity (Wildman–Crippen MR) is 121 cm³/mol. The second-order valence-electron chi connectivity index (χ2n) is 7.99. The van der Waals surface area contributed by atoms with Gasteiger partial charge in [-0.05, 0) is 48.2 Å². The van der Waals surface area contributed by atoms with Gasteiger partial charge < -0.3 is 19.6 Å². The van der Waals surface area contributed by atoms with Crippen molar-refractivity contribution in [2.45, 2.75) is 42.1 Å². The molecule has 0 radical (unpaired) electrons. The number of carbonyl (C=O) groups is 3. The molecule has 1 fully saturated rings. The molecule has 15 heteroatoms. The maximum absolute atomic E-state index is 13.2. The normalized spacial score (nSPS) is 23.0. The van der Waals surface area contributed by atoms with Crippen molar-refractivity contribution in [1.82, 2.24) is 35.4 Å². The Bertz CT molecular complexity index is 1380. The standard InChI is InChI=1S/C21H19N7O5S2.Na/c1-10-15(33-9-22-10)13-17(30)27-14(19(31)32)16(21(3,23-11(2)29)35-18(13)27)34-20-24-25-26-28(20)12-7-5-4-6-8-12;/h4-9,13,18H,1-3H3,(H,23,29)(H,31,32);/q;+1/p-1/t13?,18-,21?;/m1./s1. The largest absolute Gasteiger partial charge is 1.00 e. The Morgan fingerprint density at radius 3 is 2.61 bits per heavy atom. The van der Waals surface area contributed by atoms with Crippen LogP contribution in [0.1, 0.15) is 31.2 Å². The van der Waals surface area contributed by atoms with Crippen molar-refractivity contribution in [2.24, 2.45) is 0 Å². The van der Waals surface area contributed by atoms with Crippen LogP contribution in [0.25, 0.3) is 5.69 Å². The number of carboxylic acid groups (broad SMARTS) is 1. The molecule has 2 aromatic heterocycles. The maximum Gasteiger partial charge on any atom is 1.00 e. The fourth-order valence-electron chi connectivity index (χ4n) is 4.13. The summed E-state index contributed by atoms with van der Waals surface area (Å²) in [5, 5.41) is 26.6. The SMILES string of the molecule is CC(=O)NC1(C)S[C@@H]2C(c3ocnc3C)C(=O)N2C(C(=O)[O-])=C1Sc1nnnn1-c1ccccc1.[Na+]. The quantitative estimate of drug-likeness (QED) is 0.264. The maximum atomic E-state index is 13.2. The number of aliphatic carboxylic acids is 1. The number of aryl methyl sites for hydroxylation is 1. The van der Waals surface area contributed by atoms with E-state index >= 15 is 0 Å². The zero-order valence-electron chi connectivity index (χ0n) is 19.7. The van der Waals surface area contributed by atoms with Crippen LogP contribution >= 0.6 is 23.5 Å². The first-order valence-corrected chi connectivity index (χ1v) is 12.1. The van der Waals surface area contributed by atoms with E-state index in [0.29, 0.717) is 17.1 Å². The summed E-state index contributed by atoms with van der Waals surface area (Å²) in [7, 11) is 0. The zero-order chi connectivity index (χ0) is 24.9. The Morgan fingerprint density at radius 1 is 1.28 bits per heavy atom. The molecule has 0 bridgehead atoms. The van der Waals surface area contributed by atoms with Gasteiger partial charge in [0.1, 0.15) is 21.9 Å². The average molecular weight is 536 g/mol. The molecule has 12 nitrogen and oxygen atoms in total. The van der Waals surface area contributed by atoms with E-state index in [-0.39, 0.29) is 51.2 Å². The van der Waals surface area contributed by atoms with Gasteiger partial charge in [-0.1, -0.05) is 18.2 Å². The first-order chi connectivity index (χ1) is 16.7. The smallest absolute Gasteiger partial charge is 0.543 e. The van der Waals surface area contributed by atoms with Crippen LogP contribution in [0.15, 0.2) is 56.9 Å². The third kappa shape index (κ3) is 4.36. The Labute approximate surface area is 235 Å². The zero-order valence-corrected chi connectivity index (χ0v) is 23.3. The van der Waals surface area contributed by atoms with Crippen molar-refractivity contribution >= 4 is 41.3 Å². The number of oxazole rings is 1. The van der Waals surface area contributed by atoms with E-state index in [9.17, 15) is 19.5 Å². The number of para-hydroxylation sites is 1. The number of carbonyl (C=O) groups excluding carboxylic acids is 3. The van der Waals surface area contributed by atoms with E-state index < -0.39 is 28.0 Å². The number of fused-ring (bicyclic) bond motifs is 1. The van der Waals surface area contributed by atoms with Crippen molar-refractivity contribution in [1.29, 1.82) is 0 Å².